The third-order valence-electron chi connectivity index (χ3n) is 5.74. The van der Waals surface area contributed by atoms with Crippen LogP contribution in [0.3, 0.4) is 0 Å². The Balaban J connectivity index is 1.48. The van der Waals surface area contributed by atoms with Crippen molar-refractivity contribution in [1.29, 1.82) is 0 Å². The van der Waals surface area contributed by atoms with Gasteiger partial charge in [0.25, 0.3) is 0 Å². The van der Waals surface area contributed by atoms with Crippen LogP contribution >= 0.6 is 0 Å². The molecule has 2 aliphatic rings. The first-order valence-corrected chi connectivity index (χ1v) is 9.38. The minimum atomic E-state index is -0.396. The van der Waals surface area contributed by atoms with E-state index in [2.05, 4.69) is 10.4 Å². The lowest BCUT2D eigenvalue weighted by atomic mass is 9.89. The molecule has 1 aromatic carbocycles. The van der Waals surface area contributed by atoms with Crippen LogP contribution in [-0.2, 0) is 16.6 Å². The van der Waals surface area contributed by atoms with Crippen molar-refractivity contribution in [3.63, 3.8) is 0 Å². The van der Waals surface area contributed by atoms with Crippen molar-refractivity contribution in [1.82, 2.24) is 20.0 Å². The lowest BCUT2D eigenvalue weighted by molar-refractivity contribution is -0.140. The Bertz CT molecular complexity index is 834. The van der Waals surface area contributed by atoms with Gasteiger partial charge in [-0.15, -0.1) is 0 Å². The Morgan fingerprint density at radius 3 is 2.74 bits per heavy atom. The zero-order valence-corrected chi connectivity index (χ0v) is 15.7. The van der Waals surface area contributed by atoms with Crippen LogP contribution < -0.4 is 10.2 Å². The molecule has 27 heavy (non-hydrogen) atoms. The Kier molecular flexibility index (Phi) is 4.70. The summed E-state index contributed by atoms with van der Waals surface area (Å²) in [4.78, 5) is 29.6. The van der Waals surface area contributed by atoms with Gasteiger partial charge in [0.05, 0.1) is 12.1 Å². The Morgan fingerprint density at radius 1 is 1.26 bits per heavy atom. The summed E-state index contributed by atoms with van der Waals surface area (Å²) < 4.78 is 1.76. The number of carbonyl (C=O) groups is 2. The van der Waals surface area contributed by atoms with Gasteiger partial charge in [0.15, 0.2) is 0 Å². The lowest BCUT2D eigenvalue weighted by Crippen LogP contribution is -2.46. The number of hydrogen-bond donors (Lipinski definition) is 1. The van der Waals surface area contributed by atoms with Crippen LogP contribution in [0, 0.1) is 5.92 Å². The predicted octanol–water partition coefficient (Wildman–Crippen LogP) is 0.987. The highest BCUT2D eigenvalue weighted by molar-refractivity contribution is 6.01. The number of benzene rings is 1. The fourth-order valence-electron chi connectivity index (χ4n) is 4.22. The summed E-state index contributed by atoms with van der Waals surface area (Å²) >= 11 is 0. The van der Waals surface area contributed by atoms with Crippen LogP contribution in [0.25, 0.3) is 0 Å². The zero-order chi connectivity index (χ0) is 19.0. The molecule has 0 spiro atoms. The molecular weight excluding hydrogens is 342 g/mol. The van der Waals surface area contributed by atoms with E-state index in [1.807, 2.05) is 49.8 Å². The highest BCUT2D eigenvalue weighted by Gasteiger charge is 2.42. The first-order valence-electron chi connectivity index (χ1n) is 9.38. The van der Waals surface area contributed by atoms with Gasteiger partial charge in [-0.25, -0.2) is 0 Å². The first kappa shape index (κ1) is 17.7. The molecule has 0 saturated carbocycles. The van der Waals surface area contributed by atoms with Crippen molar-refractivity contribution in [2.24, 2.45) is 13.0 Å². The number of rotatable bonds is 4. The van der Waals surface area contributed by atoms with Crippen molar-refractivity contribution in [3.8, 4) is 0 Å². The summed E-state index contributed by atoms with van der Waals surface area (Å²) in [5.41, 5.74) is 1.96. The molecule has 0 aliphatic carbocycles. The summed E-state index contributed by atoms with van der Waals surface area (Å²) in [5, 5.41) is 7.56. The molecule has 7 heteroatoms. The second kappa shape index (κ2) is 7.15. The van der Waals surface area contributed by atoms with E-state index in [1.165, 1.54) is 0 Å². The van der Waals surface area contributed by atoms with Crippen LogP contribution in [0.15, 0.2) is 42.7 Å². The van der Waals surface area contributed by atoms with Crippen LogP contribution in [0.4, 0.5) is 5.69 Å². The first-order chi connectivity index (χ1) is 13.1. The molecule has 2 aromatic rings. The van der Waals surface area contributed by atoms with Gasteiger partial charge >= 0.3 is 0 Å². The van der Waals surface area contributed by atoms with Gasteiger partial charge in [0.1, 0.15) is 6.04 Å². The number of anilines is 1. The average Bonchev–Trinajstić information content (AvgIpc) is 3.40. The molecule has 2 amide bonds. The zero-order valence-electron chi connectivity index (χ0n) is 15.7. The molecule has 2 fully saturated rings. The summed E-state index contributed by atoms with van der Waals surface area (Å²) in [6.07, 6.45) is 4.46. The maximum atomic E-state index is 13.2. The maximum absolute atomic E-state index is 13.2. The van der Waals surface area contributed by atoms with E-state index in [1.54, 1.807) is 21.5 Å². The topological polar surface area (TPSA) is 70.5 Å². The molecule has 1 unspecified atom stereocenters. The van der Waals surface area contributed by atoms with E-state index in [9.17, 15) is 9.59 Å². The van der Waals surface area contributed by atoms with Crippen LogP contribution in [0.5, 0.6) is 0 Å². The number of hydrogen-bond acceptors (Lipinski definition) is 4. The van der Waals surface area contributed by atoms with Gasteiger partial charge in [-0.3, -0.25) is 14.3 Å². The van der Waals surface area contributed by atoms with Crippen molar-refractivity contribution >= 4 is 17.5 Å². The Hall–Kier alpha value is -2.67. The van der Waals surface area contributed by atoms with Crippen molar-refractivity contribution in [3.05, 3.63) is 48.3 Å². The maximum Gasteiger partial charge on any atom is 0.249 e. The summed E-state index contributed by atoms with van der Waals surface area (Å²) in [6.45, 7) is 2.02. The van der Waals surface area contributed by atoms with E-state index < -0.39 is 6.04 Å². The van der Waals surface area contributed by atoms with E-state index in [-0.39, 0.29) is 23.7 Å². The minimum Gasteiger partial charge on any atom is -0.333 e. The smallest absolute Gasteiger partial charge is 0.249 e. The van der Waals surface area contributed by atoms with E-state index in [4.69, 9.17) is 0 Å². The Labute approximate surface area is 158 Å². The molecule has 1 N–H and O–H groups in total. The summed E-state index contributed by atoms with van der Waals surface area (Å²) in [5.74, 6) is -0.0452. The van der Waals surface area contributed by atoms with Gasteiger partial charge in [-0.2, -0.15) is 5.10 Å². The second-order valence-corrected chi connectivity index (χ2v) is 7.40. The normalized spacial score (nSPS) is 25.2. The number of carbonyl (C=O) groups excluding carboxylic acids is 2. The van der Waals surface area contributed by atoms with Gasteiger partial charge in [0.2, 0.25) is 11.8 Å². The highest BCUT2D eigenvalue weighted by Crippen LogP contribution is 2.31. The average molecular weight is 367 g/mol. The number of likely N-dealkylation sites (N-methyl/N-ethyl adjacent to an activating group) is 1. The van der Waals surface area contributed by atoms with Crippen molar-refractivity contribution in [2.75, 3.05) is 31.6 Å². The minimum absolute atomic E-state index is 0.000865. The largest absolute Gasteiger partial charge is 0.333 e. The van der Waals surface area contributed by atoms with E-state index in [0.29, 0.717) is 19.5 Å². The molecule has 142 valence electrons. The number of nitrogens with zero attached hydrogens (tertiary/aromatic N) is 4. The third kappa shape index (κ3) is 3.23. The van der Waals surface area contributed by atoms with Gasteiger partial charge in [-0.05, 0) is 24.1 Å². The molecule has 3 atom stereocenters. The molecule has 1 aromatic heterocycles. The molecule has 4 rings (SSSR count). The number of aryl methyl sites for hydroxylation is 1. The molecule has 0 radical (unpaired) electrons. The van der Waals surface area contributed by atoms with Gasteiger partial charge < -0.3 is 15.1 Å². The van der Waals surface area contributed by atoms with Crippen molar-refractivity contribution < 1.29 is 9.59 Å². The number of aromatic nitrogens is 2. The summed E-state index contributed by atoms with van der Waals surface area (Å²) in [6, 6.07) is 9.25. The highest BCUT2D eigenvalue weighted by atomic mass is 16.2. The van der Waals surface area contributed by atoms with Gasteiger partial charge in [0, 0.05) is 51.5 Å². The number of para-hydroxylation sites is 1. The number of nitrogens with one attached hydrogen (secondary N) is 1. The standard InChI is InChI=1S/C20H25N5O2/c1-23-13-14(10-22-23)16-11-21-12-17(16)19(26)24(2)18-8-9-25(20(18)27)15-6-4-3-5-7-15/h3-7,10,13,16-18,21H,8-9,11-12H2,1-2H3/t16-,17+,18?/m1/s1. The quantitative estimate of drug-likeness (QED) is 0.875. The van der Waals surface area contributed by atoms with E-state index in [0.717, 1.165) is 17.8 Å². The van der Waals surface area contributed by atoms with Crippen LogP contribution in [0.1, 0.15) is 17.9 Å². The lowest BCUT2D eigenvalue weighted by Gasteiger charge is -2.28. The molecule has 7 nitrogen and oxygen atoms in total. The monoisotopic (exact) mass is 367 g/mol. The SMILES string of the molecule is CN(C(=O)[C@H]1CNC[C@@H]1c1cnn(C)c1)C1CCN(c2ccccc2)C1=O. The third-order valence-corrected chi connectivity index (χ3v) is 5.74. The molecule has 2 saturated heterocycles. The molecular formula is C20H25N5O2. The predicted molar refractivity (Wildman–Crippen MR) is 102 cm³/mol. The van der Waals surface area contributed by atoms with E-state index >= 15 is 0 Å². The Morgan fingerprint density at radius 2 is 2.04 bits per heavy atom. The fraction of sp³-hybridized carbons (Fsp3) is 0.450. The molecule has 0 bridgehead atoms. The number of amides is 2. The van der Waals surface area contributed by atoms with Crippen molar-refractivity contribution in [2.45, 2.75) is 18.4 Å². The van der Waals surface area contributed by atoms with Gasteiger partial charge in [-0.1, -0.05) is 18.2 Å². The fourth-order valence-corrected chi connectivity index (χ4v) is 4.22. The molecule has 2 aliphatic heterocycles. The van der Waals surface area contributed by atoms with Crippen LogP contribution in [0.2, 0.25) is 0 Å². The van der Waals surface area contributed by atoms with Crippen LogP contribution in [-0.4, -0.2) is 59.2 Å². The molecule has 3 heterocycles. The summed E-state index contributed by atoms with van der Waals surface area (Å²) in [7, 11) is 3.64. The second-order valence-electron chi connectivity index (χ2n) is 7.40.